The zero-order chi connectivity index (χ0) is 14.9. The fourth-order valence-corrected chi connectivity index (χ4v) is 4.93. The van der Waals surface area contributed by atoms with Gasteiger partial charge in [0, 0.05) is 31.9 Å². The number of rotatable bonds is 3. The Morgan fingerprint density at radius 3 is 2.76 bits per heavy atom. The highest BCUT2D eigenvalue weighted by molar-refractivity contribution is 7.89. The summed E-state index contributed by atoms with van der Waals surface area (Å²) in [5.74, 6) is 0.239. The molecule has 0 atom stereocenters. The Morgan fingerprint density at radius 2 is 2.05 bits per heavy atom. The molecule has 116 valence electrons. The van der Waals surface area contributed by atoms with Crippen molar-refractivity contribution in [3.05, 3.63) is 23.8 Å². The first-order valence-electron chi connectivity index (χ1n) is 7.59. The topological polar surface area (TPSA) is 69.6 Å². The number of hydrogen-bond acceptors (Lipinski definition) is 4. The Labute approximate surface area is 126 Å². The SMILES string of the molecule is O=S(=O)(c1cccc2c1CCCN2)N1CCC(CO)CC1. The van der Waals surface area contributed by atoms with Gasteiger partial charge in [-0.05, 0) is 49.3 Å². The maximum Gasteiger partial charge on any atom is 0.243 e. The van der Waals surface area contributed by atoms with Gasteiger partial charge in [0.25, 0.3) is 0 Å². The van der Waals surface area contributed by atoms with Crippen LogP contribution in [0, 0.1) is 5.92 Å². The highest BCUT2D eigenvalue weighted by atomic mass is 32.2. The molecule has 0 bridgehead atoms. The van der Waals surface area contributed by atoms with Crippen LogP contribution in [-0.2, 0) is 16.4 Å². The number of sulfonamides is 1. The second-order valence-corrected chi connectivity index (χ2v) is 7.75. The number of fused-ring (bicyclic) bond motifs is 1. The fraction of sp³-hybridized carbons (Fsp3) is 0.600. The fourth-order valence-electron chi connectivity index (χ4n) is 3.19. The summed E-state index contributed by atoms with van der Waals surface area (Å²) in [6.45, 7) is 2.06. The van der Waals surface area contributed by atoms with Gasteiger partial charge < -0.3 is 10.4 Å². The minimum atomic E-state index is -3.42. The van der Waals surface area contributed by atoms with Gasteiger partial charge in [0.15, 0.2) is 0 Å². The summed E-state index contributed by atoms with van der Waals surface area (Å²) in [5.41, 5.74) is 1.88. The van der Waals surface area contributed by atoms with Gasteiger partial charge in [-0.15, -0.1) is 0 Å². The molecule has 0 radical (unpaired) electrons. The molecule has 1 saturated heterocycles. The summed E-state index contributed by atoms with van der Waals surface area (Å²) in [7, 11) is -3.42. The first kappa shape index (κ1) is 14.8. The van der Waals surface area contributed by atoms with E-state index in [2.05, 4.69) is 5.32 Å². The van der Waals surface area contributed by atoms with E-state index in [1.54, 1.807) is 10.4 Å². The van der Waals surface area contributed by atoms with Crippen LogP contribution in [0.1, 0.15) is 24.8 Å². The molecule has 2 heterocycles. The molecule has 0 aromatic heterocycles. The van der Waals surface area contributed by atoms with E-state index in [4.69, 9.17) is 0 Å². The van der Waals surface area contributed by atoms with Crippen LogP contribution in [0.4, 0.5) is 5.69 Å². The second-order valence-electron chi connectivity index (χ2n) is 5.84. The van der Waals surface area contributed by atoms with Crippen molar-refractivity contribution >= 4 is 15.7 Å². The molecular formula is C15H22N2O3S. The predicted molar refractivity (Wildman–Crippen MR) is 81.8 cm³/mol. The van der Waals surface area contributed by atoms with E-state index in [0.29, 0.717) is 18.0 Å². The third kappa shape index (κ3) is 2.80. The third-order valence-corrected chi connectivity index (χ3v) is 6.48. The molecule has 0 saturated carbocycles. The minimum Gasteiger partial charge on any atom is -0.396 e. The van der Waals surface area contributed by atoms with Crippen molar-refractivity contribution in [2.45, 2.75) is 30.6 Å². The third-order valence-electron chi connectivity index (χ3n) is 4.50. The van der Waals surface area contributed by atoms with Crippen molar-refractivity contribution in [1.29, 1.82) is 0 Å². The molecule has 0 aliphatic carbocycles. The van der Waals surface area contributed by atoms with Crippen LogP contribution in [0.15, 0.2) is 23.1 Å². The first-order valence-corrected chi connectivity index (χ1v) is 9.03. The van der Waals surface area contributed by atoms with E-state index in [1.165, 1.54) is 0 Å². The highest BCUT2D eigenvalue weighted by Gasteiger charge is 2.31. The molecule has 2 aliphatic heterocycles. The molecule has 5 nitrogen and oxygen atoms in total. The smallest absolute Gasteiger partial charge is 0.243 e. The van der Waals surface area contributed by atoms with Crippen LogP contribution < -0.4 is 5.32 Å². The predicted octanol–water partition coefficient (Wildman–Crippen LogP) is 1.44. The lowest BCUT2D eigenvalue weighted by atomic mass is 10.00. The first-order chi connectivity index (χ1) is 10.1. The Bertz CT molecular complexity index is 607. The number of piperidine rings is 1. The molecule has 0 amide bonds. The largest absolute Gasteiger partial charge is 0.396 e. The molecule has 0 spiro atoms. The zero-order valence-electron chi connectivity index (χ0n) is 12.1. The second kappa shape index (κ2) is 5.94. The number of benzene rings is 1. The monoisotopic (exact) mass is 310 g/mol. The molecule has 1 aromatic carbocycles. The van der Waals surface area contributed by atoms with Crippen LogP contribution in [0.5, 0.6) is 0 Å². The van der Waals surface area contributed by atoms with Crippen LogP contribution in [0.3, 0.4) is 0 Å². The van der Waals surface area contributed by atoms with E-state index in [0.717, 1.165) is 43.5 Å². The van der Waals surface area contributed by atoms with Gasteiger partial charge in [-0.2, -0.15) is 4.31 Å². The molecule has 1 fully saturated rings. The molecule has 2 aliphatic rings. The summed E-state index contributed by atoms with van der Waals surface area (Å²) in [5, 5.41) is 12.5. The van der Waals surface area contributed by atoms with Crippen LogP contribution >= 0.6 is 0 Å². The van der Waals surface area contributed by atoms with E-state index >= 15 is 0 Å². The maximum absolute atomic E-state index is 12.9. The number of hydrogen-bond donors (Lipinski definition) is 2. The lowest BCUT2D eigenvalue weighted by Crippen LogP contribution is -2.39. The van der Waals surface area contributed by atoms with Gasteiger partial charge in [-0.1, -0.05) is 6.07 Å². The van der Waals surface area contributed by atoms with Crippen molar-refractivity contribution < 1.29 is 13.5 Å². The summed E-state index contributed by atoms with van der Waals surface area (Å²) in [6, 6.07) is 5.48. The van der Waals surface area contributed by atoms with E-state index in [9.17, 15) is 13.5 Å². The van der Waals surface area contributed by atoms with Crippen molar-refractivity contribution in [3.63, 3.8) is 0 Å². The van der Waals surface area contributed by atoms with Crippen molar-refractivity contribution in [2.75, 3.05) is 31.6 Å². The van der Waals surface area contributed by atoms with E-state index < -0.39 is 10.0 Å². The standard InChI is InChI=1S/C15H22N2O3S/c18-11-12-6-9-17(10-7-12)21(19,20)15-5-1-4-14-13(15)3-2-8-16-14/h1,4-5,12,16,18H,2-3,6-11H2. The zero-order valence-corrected chi connectivity index (χ0v) is 12.9. The average molecular weight is 310 g/mol. The van der Waals surface area contributed by atoms with Crippen molar-refractivity contribution in [2.24, 2.45) is 5.92 Å². The van der Waals surface area contributed by atoms with Crippen LogP contribution in [0.25, 0.3) is 0 Å². The number of nitrogens with zero attached hydrogens (tertiary/aromatic N) is 1. The van der Waals surface area contributed by atoms with Crippen molar-refractivity contribution in [1.82, 2.24) is 4.31 Å². The van der Waals surface area contributed by atoms with Crippen molar-refractivity contribution in [3.8, 4) is 0 Å². The van der Waals surface area contributed by atoms with Gasteiger partial charge in [0.05, 0.1) is 4.90 Å². The van der Waals surface area contributed by atoms with E-state index in [-0.39, 0.29) is 12.5 Å². The summed E-state index contributed by atoms with van der Waals surface area (Å²) >= 11 is 0. The Balaban J connectivity index is 1.89. The quantitative estimate of drug-likeness (QED) is 0.886. The molecular weight excluding hydrogens is 288 g/mol. The maximum atomic E-state index is 12.9. The normalized spacial score (nSPS) is 20.8. The summed E-state index contributed by atoms with van der Waals surface area (Å²) < 4.78 is 27.4. The minimum absolute atomic E-state index is 0.151. The van der Waals surface area contributed by atoms with Crippen LogP contribution in [0.2, 0.25) is 0 Å². The number of aliphatic hydroxyl groups excluding tert-OH is 1. The average Bonchev–Trinajstić information content (AvgIpc) is 2.54. The highest BCUT2D eigenvalue weighted by Crippen LogP contribution is 2.31. The molecule has 1 aromatic rings. The summed E-state index contributed by atoms with van der Waals surface area (Å²) in [6.07, 6.45) is 3.25. The van der Waals surface area contributed by atoms with Gasteiger partial charge in [-0.25, -0.2) is 8.42 Å². The Morgan fingerprint density at radius 1 is 1.29 bits per heavy atom. The lowest BCUT2D eigenvalue weighted by molar-refractivity contribution is 0.170. The Kier molecular flexibility index (Phi) is 4.19. The van der Waals surface area contributed by atoms with E-state index in [1.807, 2.05) is 12.1 Å². The number of aliphatic hydroxyl groups is 1. The lowest BCUT2D eigenvalue weighted by Gasteiger charge is -2.31. The van der Waals surface area contributed by atoms with Gasteiger partial charge in [-0.3, -0.25) is 0 Å². The van der Waals surface area contributed by atoms with Crippen LogP contribution in [-0.4, -0.2) is 44.1 Å². The summed E-state index contributed by atoms with van der Waals surface area (Å²) in [4.78, 5) is 0.453. The number of anilines is 1. The molecule has 6 heteroatoms. The van der Waals surface area contributed by atoms with Gasteiger partial charge >= 0.3 is 0 Å². The molecule has 21 heavy (non-hydrogen) atoms. The Hall–Kier alpha value is -1.11. The molecule has 2 N–H and O–H groups in total. The van der Waals surface area contributed by atoms with Gasteiger partial charge in [0.2, 0.25) is 10.0 Å². The van der Waals surface area contributed by atoms with Gasteiger partial charge in [0.1, 0.15) is 0 Å². The molecule has 3 rings (SSSR count). The number of nitrogens with one attached hydrogen (secondary N) is 1. The molecule has 0 unspecified atom stereocenters.